The van der Waals surface area contributed by atoms with E-state index in [2.05, 4.69) is 13.8 Å². The van der Waals surface area contributed by atoms with Gasteiger partial charge in [-0.3, -0.25) is 0 Å². The largest absolute Gasteiger partial charge is 0.207 e. The minimum atomic E-state index is -0.132. The second-order valence-corrected chi connectivity index (χ2v) is 2.46. The lowest BCUT2D eigenvalue weighted by atomic mass is 10.2. The van der Waals surface area contributed by atoms with E-state index in [9.17, 15) is 4.39 Å². The molecule has 0 aliphatic carbocycles. The van der Waals surface area contributed by atoms with Crippen molar-refractivity contribution in [2.75, 3.05) is 0 Å². The fourth-order valence-corrected chi connectivity index (χ4v) is 0.551. The molecular formula is C10H15F. The van der Waals surface area contributed by atoms with Gasteiger partial charge in [0.25, 0.3) is 0 Å². The van der Waals surface area contributed by atoms with Gasteiger partial charge in [0, 0.05) is 0 Å². The normalized spacial score (nSPS) is 8.36. The summed E-state index contributed by atoms with van der Waals surface area (Å²) in [5, 5.41) is 0. The molecule has 1 heteroatoms. The Labute approximate surface area is 68.1 Å². The molecule has 0 heterocycles. The van der Waals surface area contributed by atoms with Gasteiger partial charge in [0.15, 0.2) is 0 Å². The third-order valence-corrected chi connectivity index (χ3v) is 1.08. The van der Waals surface area contributed by atoms with Gasteiger partial charge < -0.3 is 0 Å². The highest BCUT2D eigenvalue weighted by Crippen LogP contribution is 2.01. The molecule has 0 nitrogen and oxygen atoms in total. The molecule has 0 bridgehead atoms. The molecule has 1 aromatic carbocycles. The van der Waals surface area contributed by atoms with E-state index < -0.39 is 0 Å². The van der Waals surface area contributed by atoms with Crippen molar-refractivity contribution in [1.82, 2.24) is 0 Å². The molecule has 0 atom stereocenters. The fourth-order valence-electron chi connectivity index (χ4n) is 0.551. The molecule has 0 saturated carbocycles. The summed E-state index contributed by atoms with van der Waals surface area (Å²) in [4.78, 5) is 0. The van der Waals surface area contributed by atoms with Crippen LogP contribution < -0.4 is 0 Å². The van der Waals surface area contributed by atoms with Gasteiger partial charge in [-0.25, -0.2) is 4.39 Å². The van der Waals surface area contributed by atoms with Crippen molar-refractivity contribution in [1.29, 1.82) is 0 Å². The van der Waals surface area contributed by atoms with E-state index in [0.29, 0.717) is 5.56 Å². The molecule has 0 aromatic heterocycles. The quantitative estimate of drug-likeness (QED) is 0.536. The first kappa shape index (κ1) is 10.2. The van der Waals surface area contributed by atoms with Crippen LogP contribution >= 0.6 is 0 Å². The van der Waals surface area contributed by atoms with E-state index in [-0.39, 0.29) is 5.82 Å². The Bertz CT molecular complexity index is 173. The van der Waals surface area contributed by atoms with Crippen molar-refractivity contribution < 1.29 is 4.39 Å². The summed E-state index contributed by atoms with van der Waals surface area (Å²) in [6, 6.07) is 6.70. The van der Waals surface area contributed by atoms with E-state index in [1.807, 2.05) is 6.07 Å². The minimum Gasteiger partial charge on any atom is -0.207 e. The van der Waals surface area contributed by atoms with Gasteiger partial charge in [0.1, 0.15) is 5.82 Å². The van der Waals surface area contributed by atoms with Crippen LogP contribution in [0.2, 0.25) is 0 Å². The molecule has 0 spiro atoms. The molecule has 0 fully saturated rings. The topological polar surface area (TPSA) is 0 Å². The second-order valence-electron chi connectivity index (χ2n) is 2.46. The molecule has 62 valence electrons. The lowest BCUT2D eigenvalue weighted by molar-refractivity contribution is 0.618. The Morgan fingerprint density at radius 2 is 1.64 bits per heavy atom. The maximum absolute atomic E-state index is 12.3. The molecule has 0 N–H and O–H groups in total. The van der Waals surface area contributed by atoms with Crippen LogP contribution in [0.25, 0.3) is 0 Å². The summed E-state index contributed by atoms with van der Waals surface area (Å²) in [7, 11) is 0. The van der Waals surface area contributed by atoms with Crippen molar-refractivity contribution in [3.05, 3.63) is 35.6 Å². The summed E-state index contributed by atoms with van der Waals surface area (Å²) in [5.41, 5.74) is 0.701. The molecular weight excluding hydrogens is 139 g/mol. The van der Waals surface area contributed by atoms with Gasteiger partial charge in [-0.05, 0) is 18.6 Å². The maximum atomic E-state index is 12.3. The molecule has 1 aromatic rings. The molecule has 1 rings (SSSR count). The summed E-state index contributed by atoms with van der Waals surface area (Å²) >= 11 is 0. The average molecular weight is 154 g/mol. The highest BCUT2D eigenvalue weighted by atomic mass is 19.1. The number of halogens is 1. The zero-order valence-corrected chi connectivity index (χ0v) is 7.39. The summed E-state index contributed by atoms with van der Waals surface area (Å²) in [6.45, 7) is 6.00. The monoisotopic (exact) mass is 154 g/mol. The third-order valence-electron chi connectivity index (χ3n) is 1.08. The van der Waals surface area contributed by atoms with E-state index in [1.54, 1.807) is 19.1 Å². The third kappa shape index (κ3) is 4.54. The summed E-state index contributed by atoms with van der Waals surface area (Å²) < 4.78 is 12.3. The molecule has 0 saturated heterocycles. The van der Waals surface area contributed by atoms with Crippen LogP contribution in [0.1, 0.15) is 25.8 Å². The number of aryl methyl sites for hydroxylation is 1. The summed E-state index contributed by atoms with van der Waals surface area (Å²) in [6.07, 6.45) is 1.25. The van der Waals surface area contributed by atoms with Crippen LogP contribution in [0, 0.1) is 12.7 Å². The van der Waals surface area contributed by atoms with E-state index >= 15 is 0 Å². The highest BCUT2D eigenvalue weighted by molar-refractivity contribution is 5.14. The first-order chi connectivity index (χ1) is 5.22. The predicted octanol–water partition coefficient (Wildman–Crippen LogP) is 3.55. The maximum Gasteiger partial charge on any atom is 0.126 e. The van der Waals surface area contributed by atoms with Crippen molar-refractivity contribution in [2.24, 2.45) is 0 Å². The van der Waals surface area contributed by atoms with Gasteiger partial charge in [0.2, 0.25) is 0 Å². The van der Waals surface area contributed by atoms with E-state index in [4.69, 9.17) is 0 Å². The standard InChI is InChI=1S/C7H7F.C3H8/c1-6-4-2-3-5-7(6)8;1-3-2/h2-5H,1H3;3H2,1-2H3. The Hall–Kier alpha value is -0.850. The lowest BCUT2D eigenvalue weighted by Crippen LogP contribution is -1.76. The minimum absolute atomic E-state index is 0.132. The van der Waals surface area contributed by atoms with Crippen molar-refractivity contribution in [2.45, 2.75) is 27.2 Å². The second kappa shape index (κ2) is 5.90. The van der Waals surface area contributed by atoms with Crippen molar-refractivity contribution in [3.8, 4) is 0 Å². The Kier molecular flexibility index (Phi) is 5.44. The van der Waals surface area contributed by atoms with Crippen LogP contribution in [-0.4, -0.2) is 0 Å². The van der Waals surface area contributed by atoms with Gasteiger partial charge >= 0.3 is 0 Å². The van der Waals surface area contributed by atoms with Crippen molar-refractivity contribution in [3.63, 3.8) is 0 Å². The lowest BCUT2D eigenvalue weighted by Gasteiger charge is -1.89. The van der Waals surface area contributed by atoms with E-state index in [0.717, 1.165) is 0 Å². The summed E-state index contributed by atoms with van der Waals surface area (Å²) in [5.74, 6) is -0.132. The average Bonchev–Trinajstić information content (AvgIpc) is 1.97. The molecule has 0 aliphatic rings. The predicted molar refractivity (Wildman–Crippen MR) is 47.1 cm³/mol. The van der Waals surface area contributed by atoms with Crippen LogP contribution in [0.4, 0.5) is 4.39 Å². The number of hydrogen-bond donors (Lipinski definition) is 0. The van der Waals surface area contributed by atoms with Crippen LogP contribution in [0.5, 0.6) is 0 Å². The number of rotatable bonds is 0. The van der Waals surface area contributed by atoms with Crippen LogP contribution in [0.3, 0.4) is 0 Å². The van der Waals surface area contributed by atoms with Crippen molar-refractivity contribution >= 4 is 0 Å². The smallest absolute Gasteiger partial charge is 0.126 e. The first-order valence-corrected chi connectivity index (χ1v) is 3.93. The highest BCUT2D eigenvalue weighted by Gasteiger charge is 1.88. The van der Waals surface area contributed by atoms with E-state index in [1.165, 1.54) is 12.5 Å². The zero-order valence-electron chi connectivity index (χ0n) is 7.39. The number of benzene rings is 1. The van der Waals surface area contributed by atoms with Gasteiger partial charge in [-0.1, -0.05) is 38.5 Å². The van der Waals surface area contributed by atoms with Crippen LogP contribution in [0.15, 0.2) is 24.3 Å². The SMILES string of the molecule is CCC.Cc1ccccc1F. The molecule has 0 amide bonds. The van der Waals surface area contributed by atoms with Crippen LogP contribution in [-0.2, 0) is 0 Å². The Balaban J connectivity index is 0.000000292. The zero-order chi connectivity index (χ0) is 8.69. The Morgan fingerprint density at radius 1 is 1.18 bits per heavy atom. The first-order valence-electron chi connectivity index (χ1n) is 3.93. The van der Waals surface area contributed by atoms with Gasteiger partial charge in [-0.15, -0.1) is 0 Å². The number of hydrogen-bond acceptors (Lipinski definition) is 0. The molecule has 0 radical (unpaired) electrons. The molecule has 11 heavy (non-hydrogen) atoms. The van der Waals surface area contributed by atoms with Gasteiger partial charge in [0.05, 0.1) is 0 Å². The molecule has 0 unspecified atom stereocenters. The fraction of sp³-hybridized carbons (Fsp3) is 0.400. The Morgan fingerprint density at radius 3 is 1.91 bits per heavy atom. The molecule has 0 aliphatic heterocycles. The van der Waals surface area contributed by atoms with Gasteiger partial charge in [-0.2, -0.15) is 0 Å².